The van der Waals surface area contributed by atoms with Gasteiger partial charge in [0.05, 0.1) is 6.54 Å². The third-order valence-corrected chi connectivity index (χ3v) is 2.96. The third kappa shape index (κ3) is 2.83. The maximum absolute atomic E-state index is 4.41. The minimum absolute atomic E-state index is 0.760. The minimum Gasteiger partial charge on any atom is -0.309 e. The fourth-order valence-electron chi connectivity index (χ4n) is 2.01. The van der Waals surface area contributed by atoms with Gasteiger partial charge in [0.1, 0.15) is 11.6 Å². The zero-order valence-corrected chi connectivity index (χ0v) is 11.0. The molecule has 0 N–H and O–H groups in total. The lowest BCUT2D eigenvalue weighted by atomic mass is 10.3. The van der Waals surface area contributed by atoms with Crippen molar-refractivity contribution in [3.8, 4) is 0 Å². The van der Waals surface area contributed by atoms with Crippen LogP contribution in [0.3, 0.4) is 0 Å². The van der Waals surface area contributed by atoms with E-state index in [0.29, 0.717) is 0 Å². The normalized spacial score (nSPS) is 10.4. The number of pyridine rings is 2. The van der Waals surface area contributed by atoms with E-state index in [0.717, 1.165) is 24.7 Å². The molecular weight excluding hydrogens is 250 g/mol. The fraction of sp³-hybridized carbons (Fsp3) is 0.133. The Hall–Kier alpha value is -2.69. The molecule has 0 fully saturated rings. The van der Waals surface area contributed by atoms with Crippen molar-refractivity contribution in [2.75, 3.05) is 11.4 Å². The molecule has 0 aliphatic rings. The summed E-state index contributed by atoms with van der Waals surface area (Å²) in [6.07, 6.45) is 7.32. The highest BCUT2D eigenvalue weighted by atomic mass is 15.3. The summed E-state index contributed by atoms with van der Waals surface area (Å²) in [6, 6.07) is 13.7. The number of rotatable bonds is 5. The van der Waals surface area contributed by atoms with E-state index in [9.17, 15) is 0 Å². The first-order chi connectivity index (χ1) is 9.93. The number of anilines is 2. The molecule has 0 saturated carbocycles. The van der Waals surface area contributed by atoms with Crippen LogP contribution in [0, 0.1) is 0 Å². The molecule has 3 aromatic rings. The molecule has 0 radical (unpaired) electrons. The Morgan fingerprint density at radius 3 is 2.05 bits per heavy atom. The lowest BCUT2D eigenvalue weighted by Gasteiger charge is -2.22. The van der Waals surface area contributed by atoms with Gasteiger partial charge < -0.3 is 4.90 Å². The Bertz CT molecular complexity index is 582. The van der Waals surface area contributed by atoms with Crippen molar-refractivity contribution in [2.45, 2.75) is 6.54 Å². The number of aromatic nitrogens is 4. The number of hydrogen-bond donors (Lipinski definition) is 0. The second-order valence-electron chi connectivity index (χ2n) is 4.30. The molecule has 0 unspecified atom stereocenters. The topological polar surface area (TPSA) is 46.8 Å². The second kappa shape index (κ2) is 5.97. The van der Waals surface area contributed by atoms with E-state index in [1.807, 2.05) is 53.3 Å². The number of nitrogens with zero attached hydrogens (tertiary/aromatic N) is 5. The van der Waals surface area contributed by atoms with Crippen molar-refractivity contribution in [1.82, 2.24) is 19.7 Å². The summed E-state index contributed by atoms with van der Waals surface area (Å²) in [5.41, 5.74) is 0. The molecule has 100 valence electrons. The van der Waals surface area contributed by atoms with E-state index in [4.69, 9.17) is 0 Å². The van der Waals surface area contributed by atoms with E-state index in [1.54, 1.807) is 18.6 Å². The predicted octanol–water partition coefficient (Wildman–Crippen LogP) is 2.51. The van der Waals surface area contributed by atoms with Gasteiger partial charge in [-0.3, -0.25) is 4.68 Å². The van der Waals surface area contributed by atoms with E-state index in [1.165, 1.54) is 0 Å². The van der Waals surface area contributed by atoms with Gasteiger partial charge in [0.2, 0.25) is 0 Å². The van der Waals surface area contributed by atoms with Gasteiger partial charge in [-0.05, 0) is 30.3 Å². The lowest BCUT2D eigenvalue weighted by molar-refractivity contribution is 0.615. The minimum atomic E-state index is 0.760. The molecule has 20 heavy (non-hydrogen) atoms. The molecule has 0 spiro atoms. The van der Waals surface area contributed by atoms with Gasteiger partial charge in [0, 0.05) is 31.3 Å². The Morgan fingerprint density at radius 1 is 0.850 bits per heavy atom. The van der Waals surface area contributed by atoms with Gasteiger partial charge in [0.15, 0.2) is 0 Å². The first-order valence-corrected chi connectivity index (χ1v) is 6.50. The first-order valence-electron chi connectivity index (χ1n) is 6.50. The average molecular weight is 265 g/mol. The maximum Gasteiger partial charge on any atom is 0.134 e. The SMILES string of the molecule is c1ccc(N(CCn2cccn2)c2ccccn2)nc1. The van der Waals surface area contributed by atoms with Gasteiger partial charge in [-0.15, -0.1) is 0 Å². The molecule has 0 aliphatic carbocycles. The summed E-state index contributed by atoms with van der Waals surface area (Å²) in [4.78, 5) is 10.9. The molecule has 0 saturated heterocycles. The summed E-state index contributed by atoms with van der Waals surface area (Å²) in [6.45, 7) is 1.54. The monoisotopic (exact) mass is 265 g/mol. The lowest BCUT2D eigenvalue weighted by Crippen LogP contribution is -2.24. The molecule has 0 bridgehead atoms. The molecule has 3 heterocycles. The van der Waals surface area contributed by atoms with Crippen molar-refractivity contribution in [2.24, 2.45) is 0 Å². The Labute approximate surface area is 117 Å². The third-order valence-electron chi connectivity index (χ3n) is 2.96. The Kier molecular flexibility index (Phi) is 3.68. The van der Waals surface area contributed by atoms with Gasteiger partial charge in [-0.2, -0.15) is 5.10 Å². The van der Waals surface area contributed by atoms with Crippen molar-refractivity contribution in [1.29, 1.82) is 0 Å². The molecule has 3 aromatic heterocycles. The zero-order chi connectivity index (χ0) is 13.6. The van der Waals surface area contributed by atoms with Gasteiger partial charge in [-0.1, -0.05) is 12.1 Å². The highest BCUT2D eigenvalue weighted by Gasteiger charge is 2.11. The predicted molar refractivity (Wildman–Crippen MR) is 77.7 cm³/mol. The summed E-state index contributed by atoms with van der Waals surface area (Å²) in [5.74, 6) is 1.77. The number of hydrogen-bond acceptors (Lipinski definition) is 4. The van der Waals surface area contributed by atoms with Crippen LogP contribution in [0.15, 0.2) is 67.3 Å². The van der Waals surface area contributed by atoms with Gasteiger partial charge in [-0.25, -0.2) is 9.97 Å². The van der Waals surface area contributed by atoms with Gasteiger partial charge in [0.25, 0.3) is 0 Å². The van der Waals surface area contributed by atoms with E-state index >= 15 is 0 Å². The standard InChI is InChI=1S/C15H15N5/c1-3-8-16-14(6-1)20(15-7-2-4-9-17-15)13-12-19-11-5-10-18-19/h1-11H,12-13H2. The van der Waals surface area contributed by atoms with Crippen LogP contribution in [0.1, 0.15) is 0 Å². The summed E-state index contributed by atoms with van der Waals surface area (Å²) < 4.78 is 1.90. The average Bonchev–Trinajstić information content (AvgIpc) is 3.03. The van der Waals surface area contributed by atoms with Gasteiger partial charge >= 0.3 is 0 Å². The summed E-state index contributed by atoms with van der Waals surface area (Å²) in [5, 5.41) is 4.22. The molecular formula is C15H15N5. The van der Waals surface area contributed by atoms with E-state index in [2.05, 4.69) is 20.0 Å². The van der Waals surface area contributed by atoms with Crippen LogP contribution in [-0.4, -0.2) is 26.3 Å². The molecule has 5 nitrogen and oxygen atoms in total. The highest BCUT2D eigenvalue weighted by Crippen LogP contribution is 2.20. The molecule has 0 aliphatic heterocycles. The van der Waals surface area contributed by atoms with Crippen molar-refractivity contribution in [3.05, 3.63) is 67.3 Å². The molecule has 3 rings (SSSR count). The van der Waals surface area contributed by atoms with Crippen LogP contribution in [0.4, 0.5) is 11.6 Å². The molecule has 0 amide bonds. The fourth-order valence-corrected chi connectivity index (χ4v) is 2.01. The molecule has 0 aromatic carbocycles. The molecule has 0 atom stereocenters. The smallest absolute Gasteiger partial charge is 0.134 e. The van der Waals surface area contributed by atoms with Crippen LogP contribution < -0.4 is 4.90 Å². The molecule has 5 heteroatoms. The first kappa shape index (κ1) is 12.3. The quantitative estimate of drug-likeness (QED) is 0.711. The van der Waals surface area contributed by atoms with E-state index < -0.39 is 0 Å². The van der Waals surface area contributed by atoms with Crippen LogP contribution in [0.5, 0.6) is 0 Å². The Morgan fingerprint density at radius 2 is 1.55 bits per heavy atom. The van der Waals surface area contributed by atoms with Crippen molar-refractivity contribution < 1.29 is 0 Å². The second-order valence-corrected chi connectivity index (χ2v) is 4.30. The summed E-state index contributed by atoms with van der Waals surface area (Å²) in [7, 11) is 0. The van der Waals surface area contributed by atoms with Crippen molar-refractivity contribution in [3.63, 3.8) is 0 Å². The largest absolute Gasteiger partial charge is 0.309 e. The van der Waals surface area contributed by atoms with Crippen LogP contribution >= 0.6 is 0 Å². The zero-order valence-electron chi connectivity index (χ0n) is 11.0. The Balaban J connectivity index is 1.84. The highest BCUT2D eigenvalue weighted by molar-refractivity contribution is 5.55. The van der Waals surface area contributed by atoms with Crippen LogP contribution in [0.25, 0.3) is 0 Å². The van der Waals surface area contributed by atoms with Crippen molar-refractivity contribution >= 4 is 11.6 Å². The van der Waals surface area contributed by atoms with Crippen LogP contribution in [0.2, 0.25) is 0 Å². The summed E-state index contributed by atoms with van der Waals surface area (Å²) >= 11 is 0. The van der Waals surface area contributed by atoms with E-state index in [-0.39, 0.29) is 0 Å². The maximum atomic E-state index is 4.41. The van der Waals surface area contributed by atoms with Crippen LogP contribution in [-0.2, 0) is 6.54 Å².